The van der Waals surface area contributed by atoms with E-state index < -0.39 is 5.97 Å². The van der Waals surface area contributed by atoms with Crippen molar-refractivity contribution in [1.82, 2.24) is 9.97 Å². The highest BCUT2D eigenvalue weighted by molar-refractivity contribution is 5.88. The number of carbonyl (C=O) groups is 1. The Morgan fingerprint density at radius 3 is 2.33 bits per heavy atom. The van der Waals surface area contributed by atoms with Crippen molar-refractivity contribution in [1.29, 1.82) is 0 Å². The van der Waals surface area contributed by atoms with E-state index in [-0.39, 0.29) is 17.4 Å². The molecule has 0 radical (unpaired) electrons. The normalized spacial score (nSPS) is 10.7. The summed E-state index contributed by atoms with van der Waals surface area (Å²) in [6, 6.07) is 5.70. The smallest absolute Gasteiger partial charge is 0.358 e. The summed E-state index contributed by atoms with van der Waals surface area (Å²) >= 11 is 0. The van der Waals surface area contributed by atoms with Gasteiger partial charge in [0.25, 0.3) is 0 Å². The molecule has 0 aliphatic rings. The van der Waals surface area contributed by atoms with Crippen molar-refractivity contribution in [2.24, 2.45) is 0 Å². The topological polar surface area (TPSA) is 72.3 Å². The van der Waals surface area contributed by atoms with E-state index in [9.17, 15) is 9.90 Å². The van der Waals surface area contributed by atoms with Crippen LogP contribution in [-0.4, -0.2) is 21.0 Å². The fourth-order valence-electron chi connectivity index (χ4n) is 2.01. The molecule has 0 bridgehead atoms. The number of hydrogen-bond donors (Lipinski definition) is 1. The van der Waals surface area contributed by atoms with Gasteiger partial charge in [-0.05, 0) is 37.1 Å². The number of carboxylic acids is 1. The Hall–Kier alpha value is -2.43. The Balaban J connectivity index is 2.41. The first-order chi connectivity index (χ1) is 9.86. The van der Waals surface area contributed by atoms with Gasteiger partial charge in [-0.3, -0.25) is 0 Å². The zero-order chi connectivity index (χ0) is 15.6. The molecular formula is C16H18N2O3. The molecule has 0 fully saturated rings. The van der Waals surface area contributed by atoms with E-state index in [1.165, 1.54) is 6.20 Å². The van der Waals surface area contributed by atoms with Crippen LogP contribution in [0, 0.1) is 13.8 Å². The summed E-state index contributed by atoms with van der Waals surface area (Å²) < 4.78 is 5.66. The minimum Gasteiger partial charge on any atom is -0.476 e. The Morgan fingerprint density at radius 2 is 1.81 bits per heavy atom. The molecule has 0 amide bonds. The molecule has 21 heavy (non-hydrogen) atoms. The number of ether oxygens (including phenoxy) is 1. The summed E-state index contributed by atoms with van der Waals surface area (Å²) in [6.45, 7) is 7.73. The molecule has 0 atom stereocenters. The third-order valence-electron chi connectivity index (χ3n) is 2.92. The molecule has 0 aliphatic carbocycles. The van der Waals surface area contributed by atoms with Crippen LogP contribution in [0.3, 0.4) is 0 Å². The van der Waals surface area contributed by atoms with Crippen molar-refractivity contribution in [2.45, 2.75) is 33.6 Å². The molecule has 0 spiro atoms. The van der Waals surface area contributed by atoms with Crippen LogP contribution in [0.1, 0.15) is 47.2 Å². The maximum absolute atomic E-state index is 11.4. The lowest BCUT2D eigenvalue weighted by atomic mass is 10.1. The van der Waals surface area contributed by atoms with Crippen molar-refractivity contribution in [3.63, 3.8) is 0 Å². The van der Waals surface area contributed by atoms with Crippen LogP contribution < -0.4 is 4.74 Å². The minimum absolute atomic E-state index is 0.0540. The number of aryl methyl sites for hydroxylation is 2. The molecule has 0 unspecified atom stereocenters. The van der Waals surface area contributed by atoms with Gasteiger partial charge < -0.3 is 9.84 Å². The van der Waals surface area contributed by atoms with Crippen LogP contribution in [0.25, 0.3) is 0 Å². The SMILES string of the molecule is Cc1cc(C)cc(Oc2cnc(C(C)C)nc2C(=O)O)c1. The van der Waals surface area contributed by atoms with Crippen molar-refractivity contribution >= 4 is 5.97 Å². The highest BCUT2D eigenvalue weighted by Gasteiger charge is 2.17. The average Bonchev–Trinajstić information content (AvgIpc) is 2.37. The number of carboxylic acid groups (broad SMARTS) is 1. The number of hydrogen-bond acceptors (Lipinski definition) is 4. The zero-order valence-corrected chi connectivity index (χ0v) is 12.5. The van der Waals surface area contributed by atoms with Crippen LogP contribution in [0.5, 0.6) is 11.5 Å². The Morgan fingerprint density at radius 1 is 1.19 bits per heavy atom. The number of benzene rings is 1. The third kappa shape index (κ3) is 3.56. The number of aromatic nitrogens is 2. The first-order valence-electron chi connectivity index (χ1n) is 6.73. The maximum Gasteiger partial charge on any atom is 0.358 e. The van der Waals surface area contributed by atoms with Gasteiger partial charge in [-0.15, -0.1) is 0 Å². The molecule has 1 heterocycles. The standard InChI is InChI=1S/C16H18N2O3/c1-9(2)15-17-8-13(14(18-15)16(19)20)21-12-6-10(3)5-11(4)7-12/h5-9H,1-4H3,(H,19,20). The van der Waals surface area contributed by atoms with E-state index in [0.29, 0.717) is 11.6 Å². The largest absolute Gasteiger partial charge is 0.476 e. The highest BCUT2D eigenvalue weighted by Crippen LogP contribution is 2.26. The van der Waals surface area contributed by atoms with Gasteiger partial charge in [0.1, 0.15) is 11.6 Å². The van der Waals surface area contributed by atoms with Crippen molar-refractivity contribution in [3.05, 3.63) is 47.0 Å². The molecule has 0 saturated heterocycles. The summed E-state index contributed by atoms with van der Waals surface area (Å²) in [5.41, 5.74) is 1.97. The Kier molecular flexibility index (Phi) is 4.21. The van der Waals surface area contributed by atoms with E-state index in [2.05, 4.69) is 9.97 Å². The maximum atomic E-state index is 11.4. The second-order valence-corrected chi connectivity index (χ2v) is 5.33. The van der Waals surface area contributed by atoms with Gasteiger partial charge in [0, 0.05) is 5.92 Å². The molecule has 0 saturated carbocycles. The first-order valence-corrected chi connectivity index (χ1v) is 6.73. The van der Waals surface area contributed by atoms with E-state index >= 15 is 0 Å². The van der Waals surface area contributed by atoms with E-state index in [1.807, 2.05) is 45.9 Å². The molecular weight excluding hydrogens is 268 g/mol. The van der Waals surface area contributed by atoms with E-state index in [0.717, 1.165) is 11.1 Å². The van der Waals surface area contributed by atoms with Crippen LogP contribution in [0.2, 0.25) is 0 Å². The molecule has 110 valence electrons. The number of aromatic carboxylic acids is 1. The van der Waals surface area contributed by atoms with Crippen LogP contribution in [-0.2, 0) is 0 Å². The second-order valence-electron chi connectivity index (χ2n) is 5.33. The molecule has 2 rings (SSSR count). The second kappa shape index (κ2) is 5.91. The summed E-state index contributed by atoms with van der Waals surface area (Å²) in [7, 11) is 0. The van der Waals surface area contributed by atoms with Gasteiger partial charge >= 0.3 is 5.97 Å². The van der Waals surface area contributed by atoms with Gasteiger partial charge in [0.15, 0.2) is 11.4 Å². The lowest BCUT2D eigenvalue weighted by Gasteiger charge is -2.11. The fourth-order valence-corrected chi connectivity index (χ4v) is 2.01. The average molecular weight is 286 g/mol. The predicted octanol–water partition coefficient (Wildman–Crippen LogP) is 3.71. The van der Waals surface area contributed by atoms with Gasteiger partial charge in [-0.25, -0.2) is 14.8 Å². The molecule has 1 aromatic carbocycles. The van der Waals surface area contributed by atoms with Gasteiger partial charge in [0.05, 0.1) is 6.20 Å². The summed E-state index contributed by atoms with van der Waals surface area (Å²) in [5.74, 6) is 0.144. The molecule has 1 N–H and O–H groups in total. The van der Waals surface area contributed by atoms with Crippen LogP contribution in [0.4, 0.5) is 0 Å². The number of nitrogens with zero attached hydrogens (tertiary/aromatic N) is 2. The zero-order valence-electron chi connectivity index (χ0n) is 12.5. The monoisotopic (exact) mass is 286 g/mol. The fraction of sp³-hybridized carbons (Fsp3) is 0.312. The molecule has 5 nitrogen and oxygen atoms in total. The Labute approximate surface area is 123 Å². The molecule has 2 aromatic rings. The third-order valence-corrected chi connectivity index (χ3v) is 2.92. The predicted molar refractivity (Wildman–Crippen MR) is 79.1 cm³/mol. The van der Waals surface area contributed by atoms with Crippen LogP contribution in [0.15, 0.2) is 24.4 Å². The summed E-state index contributed by atoms with van der Waals surface area (Å²) in [4.78, 5) is 19.6. The van der Waals surface area contributed by atoms with E-state index in [1.54, 1.807) is 0 Å². The van der Waals surface area contributed by atoms with Crippen LogP contribution >= 0.6 is 0 Å². The molecule has 1 aromatic heterocycles. The molecule has 5 heteroatoms. The lowest BCUT2D eigenvalue weighted by Crippen LogP contribution is -2.08. The number of rotatable bonds is 4. The quantitative estimate of drug-likeness (QED) is 0.927. The van der Waals surface area contributed by atoms with Gasteiger partial charge in [0.2, 0.25) is 0 Å². The minimum atomic E-state index is -1.13. The van der Waals surface area contributed by atoms with Gasteiger partial charge in [-0.2, -0.15) is 0 Å². The van der Waals surface area contributed by atoms with Crippen molar-refractivity contribution in [2.75, 3.05) is 0 Å². The lowest BCUT2D eigenvalue weighted by molar-refractivity contribution is 0.0686. The van der Waals surface area contributed by atoms with Crippen molar-refractivity contribution in [3.8, 4) is 11.5 Å². The van der Waals surface area contributed by atoms with Gasteiger partial charge in [-0.1, -0.05) is 19.9 Å². The summed E-state index contributed by atoms with van der Waals surface area (Å²) in [5, 5.41) is 9.29. The van der Waals surface area contributed by atoms with E-state index in [4.69, 9.17) is 4.74 Å². The molecule has 0 aliphatic heterocycles. The highest BCUT2D eigenvalue weighted by atomic mass is 16.5. The summed E-state index contributed by atoms with van der Waals surface area (Å²) in [6.07, 6.45) is 1.42. The Bertz CT molecular complexity index is 661. The van der Waals surface area contributed by atoms with Crippen molar-refractivity contribution < 1.29 is 14.6 Å². The first kappa shape index (κ1) is 15.0.